The molecule has 0 aromatic heterocycles. The van der Waals surface area contributed by atoms with Gasteiger partial charge in [-0.25, -0.2) is 8.78 Å². The molecule has 0 unspecified atom stereocenters. The summed E-state index contributed by atoms with van der Waals surface area (Å²) in [5.74, 6) is -0.634. The van der Waals surface area contributed by atoms with Gasteiger partial charge in [-0.2, -0.15) is 0 Å². The number of aliphatic hydroxyl groups excluding tert-OH is 1. The molecule has 1 fully saturated rings. The van der Waals surface area contributed by atoms with Gasteiger partial charge in [-0.05, 0) is 36.5 Å². The first kappa shape index (κ1) is 14.2. The van der Waals surface area contributed by atoms with Crippen molar-refractivity contribution in [1.29, 1.82) is 0 Å². The summed E-state index contributed by atoms with van der Waals surface area (Å²) in [5, 5.41) is 8.88. The van der Waals surface area contributed by atoms with Gasteiger partial charge in [-0.3, -0.25) is 0 Å². The van der Waals surface area contributed by atoms with Gasteiger partial charge in [0.15, 0.2) is 0 Å². The zero-order valence-electron chi connectivity index (χ0n) is 11.0. The van der Waals surface area contributed by atoms with Gasteiger partial charge in [0.05, 0.1) is 13.2 Å². The van der Waals surface area contributed by atoms with E-state index >= 15 is 0 Å². The second-order valence-corrected chi connectivity index (χ2v) is 5.01. The SMILES string of the molecule is CN(CCOCC1CC1)c1c(F)cc(CO)cc1F. The summed E-state index contributed by atoms with van der Waals surface area (Å²) < 4.78 is 33.0. The van der Waals surface area contributed by atoms with Crippen LogP contribution in [0, 0.1) is 17.6 Å². The molecule has 106 valence electrons. The van der Waals surface area contributed by atoms with Crippen LogP contribution in [0.3, 0.4) is 0 Å². The van der Waals surface area contributed by atoms with E-state index in [-0.39, 0.29) is 17.9 Å². The smallest absolute Gasteiger partial charge is 0.149 e. The summed E-state index contributed by atoms with van der Waals surface area (Å²) in [6, 6.07) is 2.31. The van der Waals surface area contributed by atoms with E-state index in [1.165, 1.54) is 17.7 Å². The van der Waals surface area contributed by atoms with Gasteiger partial charge in [-0.15, -0.1) is 0 Å². The number of anilines is 1. The lowest BCUT2D eigenvalue weighted by molar-refractivity contribution is 0.130. The van der Waals surface area contributed by atoms with Crippen molar-refractivity contribution in [1.82, 2.24) is 0 Å². The van der Waals surface area contributed by atoms with E-state index in [2.05, 4.69) is 0 Å². The highest BCUT2D eigenvalue weighted by atomic mass is 19.1. The summed E-state index contributed by atoms with van der Waals surface area (Å²) in [7, 11) is 1.63. The fourth-order valence-corrected chi connectivity index (χ4v) is 1.92. The van der Waals surface area contributed by atoms with Crippen LogP contribution in [0.5, 0.6) is 0 Å². The molecule has 0 atom stereocenters. The Kier molecular flexibility index (Phi) is 4.71. The van der Waals surface area contributed by atoms with E-state index in [9.17, 15) is 8.78 Å². The van der Waals surface area contributed by atoms with E-state index < -0.39 is 11.6 Å². The highest BCUT2D eigenvalue weighted by molar-refractivity contribution is 5.50. The van der Waals surface area contributed by atoms with Crippen LogP contribution in [0.2, 0.25) is 0 Å². The number of halogens is 2. The zero-order chi connectivity index (χ0) is 13.8. The summed E-state index contributed by atoms with van der Waals surface area (Å²) in [4.78, 5) is 1.50. The molecule has 5 heteroatoms. The lowest BCUT2D eigenvalue weighted by Crippen LogP contribution is -2.25. The summed E-state index contributed by atoms with van der Waals surface area (Å²) in [6.07, 6.45) is 2.45. The first-order chi connectivity index (χ1) is 9.11. The Balaban J connectivity index is 1.91. The topological polar surface area (TPSA) is 32.7 Å². The Morgan fingerprint density at radius 1 is 1.32 bits per heavy atom. The minimum absolute atomic E-state index is 0.0766. The summed E-state index contributed by atoms with van der Waals surface area (Å²) >= 11 is 0. The molecule has 0 heterocycles. The fourth-order valence-electron chi connectivity index (χ4n) is 1.92. The molecule has 0 aliphatic heterocycles. The molecule has 1 aliphatic carbocycles. The van der Waals surface area contributed by atoms with Gasteiger partial charge >= 0.3 is 0 Å². The van der Waals surface area contributed by atoms with Crippen LogP contribution in [-0.4, -0.2) is 31.9 Å². The number of nitrogens with zero attached hydrogens (tertiary/aromatic N) is 1. The molecule has 1 aromatic rings. The maximum Gasteiger partial charge on any atom is 0.149 e. The maximum atomic E-state index is 13.8. The molecule has 3 nitrogen and oxygen atoms in total. The first-order valence-electron chi connectivity index (χ1n) is 6.49. The van der Waals surface area contributed by atoms with E-state index in [0.717, 1.165) is 18.7 Å². The summed E-state index contributed by atoms with van der Waals surface area (Å²) in [5.41, 5.74) is 0.157. The average molecular weight is 271 g/mol. The van der Waals surface area contributed by atoms with Crippen molar-refractivity contribution in [3.8, 4) is 0 Å². The van der Waals surface area contributed by atoms with Crippen molar-refractivity contribution >= 4 is 5.69 Å². The second kappa shape index (κ2) is 6.30. The van der Waals surface area contributed by atoms with Crippen molar-refractivity contribution in [3.05, 3.63) is 29.3 Å². The Morgan fingerprint density at radius 3 is 2.47 bits per heavy atom. The molecule has 0 saturated heterocycles. The van der Waals surface area contributed by atoms with Gasteiger partial charge in [0.25, 0.3) is 0 Å². The number of benzene rings is 1. The van der Waals surface area contributed by atoms with E-state index in [1.54, 1.807) is 7.05 Å². The first-order valence-corrected chi connectivity index (χ1v) is 6.49. The van der Waals surface area contributed by atoms with Gasteiger partial charge in [0, 0.05) is 20.2 Å². The monoisotopic (exact) mass is 271 g/mol. The number of ether oxygens (including phenoxy) is 1. The molecular weight excluding hydrogens is 252 g/mol. The lowest BCUT2D eigenvalue weighted by atomic mass is 10.2. The molecule has 0 bridgehead atoms. The van der Waals surface area contributed by atoms with Crippen LogP contribution in [0.4, 0.5) is 14.5 Å². The number of hydrogen-bond donors (Lipinski definition) is 1. The molecule has 0 amide bonds. The van der Waals surface area contributed by atoms with Crippen molar-refractivity contribution in [2.75, 3.05) is 31.7 Å². The van der Waals surface area contributed by atoms with Crippen molar-refractivity contribution in [2.24, 2.45) is 5.92 Å². The summed E-state index contributed by atoms with van der Waals surface area (Å²) in [6.45, 7) is 1.25. The van der Waals surface area contributed by atoms with Gasteiger partial charge in [0.1, 0.15) is 17.3 Å². The van der Waals surface area contributed by atoms with Gasteiger partial charge in [-0.1, -0.05) is 0 Å². The normalized spacial score (nSPS) is 14.7. The highest BCUT2D eigenvalue weighted by Crippen LogP contribution is 2.29. The molecule has 2 rings (SSSR count). The van der Waals surface area contributed by atoms with Crippen LogP contribution >= 0.6 is 0 Å². The van der Waals surface area contributed by atoms with E-state index in [4.69, 9.17) is 9.84 Å². The predicted octanol–water partition coefficient (Wildman–Crippen LogP) is 2.32. The molecule has 1 aromatic carbocycles. The third-order valence-corrected chi connectivity index (χ3v) is 3.26. The molecule has 19 heavy (non-hydrogen) atoms. The fraction of sp³-hybridized carbons (Fsp3) is 0.571. The van der Waals surface area contributed by atoms with Crippen molar-refractivity contribution in [2.45, 2.75) is 19.4 Å². The van der Waals surface area contributed by atoms with Gasteiger partial charge in [0.2, 0.25) is 0 Å². The average Bonchev–Trinajstić information content (AvgIpc) is 3.17. The molecule has 0 radical (unpaired) electrons. The molecule has 0 spiro atoms. The maximum absolute atomic E-state index is 13.8. The molecule has 1 aliphatic rings. The Hall–Kier alpha value is -1.20. The van der Waals surface area contributed by atoms with E-state index in [1.807, 2.05) is 0 Å². The van der Waals surface area contributed by atoms with Crippen molar-refractivity contribution < 1.29 is 18.6 Å². The predicted molar refractivity (Wildman–Crippen MR) is 69.1 cm³/mol. The third kappa shape index (κ3) is 3.88. The van der Waals surface area contributed by atoms with Crippen LogP contribution in [0.1, 0.15) is 18.4 Å². The third-order valence-electron chi connectivity index (χ3n) is 3.26. The number of aliphatic hydroxyl groups is 1. The number of hydrogen-bond acceptors (Lipinski definition) is 3. The second-order valence-electron chi connectivity index (χ2n) is 5.01. The largest absolute Gasteiger partial charge is 0.392 e. The van der Waals surface area contributed by atoms with E-state index in [0.29, 0.717) is 19.1 Å². The van der Waals surface area contributed by atoms with Crippen molar-refractivity contribution in [3.63, 3.8) is 0 Å². The van der Waals surface area contributed by atoms with Crippen LogP contribution in [-0.2, 0) is 11.3 Å². The standard InChI is InChI=1S/C14H19F2NO2/c1-17(4-5-19-9-10-2-3-10)14-12(15)6-11(8-18)7-13(14)16/h6-7,10,18H,2-5,8-9H2,1H3. The lowest BCUT2D eigenvalue weighted by Gasteiger charge is -2.21. The van der Waals surface area contributed by atoms with Crippen LogP contribution in [0.15, 0.2) is 12.1 Å². The van der Waals surface area contributed by atoms with Crippen LogP contribution < -0.4 is 4.90 Å². The highest BCUT2D eigenvalue weighted by Gasteiger charge is 2.21. The molecule has 1 N–H and O–H groups in total. The Bertz CT molecular complexity index is 412. The zero-order valence-corrected chi connectivity index (χ0v) is 11.0. The van der Waals surface area contributed by atoms with Gasteiger partial charge < -0.3 is 14.7 Å². The number of rotatable bonds is 7. The Morgan fingerprint density at radius 2 is 1.95 bits per heavy atom. The quantitative estimate of drug-likeness (QED) is 0.773. The van der Waals surface area contributed by atoms with Crippen LogP contribution in [0.25, 0.3) is 0 Å². The minimum atomic E-state index is -0.659. The molecular formula is C14H19F2NO2. The Labute approximate surface area is 111 Å². The number of likely N-dealkylation sites (N-methyl/N-ethyl adjacent to an activating group) is 1. The molecule has 1 saturated carbocycles. The minimum Gasteiger partial charge on any atom is -0.392 e.